The molecule has 5 nitrogen and oxygen atoms in total. The van der Waals surface area contributed by atoms with Gasteiger partial charge >= 0.3 is 5.97 Å². The van der Waals surface area contributed by atoms with Crippen LogP contribution in [0.3, 0.4) is 0 Å². The Morgan fingerprint density at radius 3 is 2.53 bits per heavy atom. The van der Waals surface area contributed by atoms with Gasteiger partial charge in [-0.25, -0.2) is 0 Å². The van der Waals surface area contributed by atoms with Crippen molar-refractivity contribution in [3.05, 3.63) is 0 Å². The Kier molecular flexibility index (Phi) is 4.51. The van der Waals surface area contributed by atoms with Crippen LogP contribution in [-0.2, 0) is 9.59 Å². The fraction of sp³-hybridized carbons (Fsp3) is 0.833. The number of amides is 1. The highest BCUT2D eigenvalue weighted by molar-refractivity contribution is 5.82. The number of carbonyl (C=O) groups is 2. The summed E-state index contributed by atoms with van der Waals surface area (Å²) in [4.78, 5) is 24.5. The summed E-state index contributed by atoms with van der Waals surface area (Å²) in [6.45, 7) is 2.03. The molecule has 0 aliphatic heterocycles. The zero-order valence-electron chi connectivity index (χ0n) is 10.8. The fourth-order valence-electron chi connectivity index (χ4n) is 2.39. The molecule has 2 unspecified atom stereocenters. The van der Waals surface area contributed by atoms with Gasteiger partial charge in [0.05, 0.1) is 6.54 Å². The molecular weight excluding hydrogens is 220 g/mol. The minimum atomic E-state index is -0.927. The van der Waals surface area contributed by atoms with E-state index in [9.17, 15) is 14.7 Å². The first kappa shape index (κ1) is 14.0. The molecule has 0 aromatic carbocycles. The highest BCUT2D eigenvalue weighted by Gasteiger charge is 2.44. The Morgan fingerprint density at radius 2 is 2.06 bits per heavy atom. The molecule has 2 atom stereocenters. The van der Waals surface area contributed by atoms with Crippen LogP contribution in [-0.4, -0.2) is 48.1 Å². The summed E-state index contributed by atoms with van der Waals surface area (Å²) in [5.74, 6) is -0.872. The molecule has 1 aliphatic carbocycles. The van der Waals surface area contributed by atoms with Crippen LogP contribution in [0.5, 0.6) is 0 Å². The number of nitrogens with zero attached hydrogens (tertiary/aromatic N) is 1. The van der Waals surface area contributed by atoms with Gasteiger partial charge in [-0.1, -0.05) is 19.8 Å². The van der Waals surface area contributed by atoms with Crippen molar-refractivity contribution in [3.63, 3.8) is 0 Å². The molecule has 0 spiro atoms. The Morgan fingerprint density at radius 1 is 1.41 bits per heavy atom. The predicted octanol–water partition coefficient (Wildman–Crippen LogP) is 0.698. The first-order chi connectivity index (χ1) is 7.90. The lowest BCUT2D eigenvalue weighted by molar-refractivity contribution is -0.149. The number of rotatable bonds is 4. The summed E-state index contributed by atoms with van der Waals surface area (Å²) in [6.07, 6.45) is 3.47. The van der Waals surface area contributed by atoms with E-state index < -0.39 is 11.5 Å². The molecule has 1 rings (SSSR count). The summed E-state index contributed by atoms with van der Waals surface area (Å²) in [5.41, 5.74) is -0.927. The lowest BCUT2D eigenvalue weighted by atomic mass is 9.73. The van der Waals surface area contributed by atoms with Crippen LogP contribution in [0.4, 0.5) is 0 Å². The first-order valence-electron chi connectivity index (χ1n) is 6.08. The van der Waals surface area contributed by atoms with Crippen LogP contribution in [0.15, 0.2) is 0 Å². The third-order valence-corrected chi connectivity index (χ3v) is 3.74. The Bertz CT molecular complexity index is 304. The van der Waals surface area contributed by atoms with Gasteiger partial charge in [0.15, 0.2) is 0 Å². The maximum Gasteiger partial charge on any atom is 0.324 e. The molecule has 0 aromatic heterocycles. The van der Waals surface area contributed by atoms with Crippen LogP contribution < -0.4 is 5.32 Å². The third kappa shape index (κ3) is 2.97. The van der Waals surface area contributed by atoms with E-state index in [1.807, 2.05) is 6.92 Å². The molecule has 0 aromatic rings. The van der Waals surface area contributed by atoms with Crippen LogP contribution in [0.2, 0.25) is 0 Å². The molecule has 1 aliphatic rings. The Hall–Kier alpha value is -1.10. The summed E-state index contributed by atoms with van der Waals surface area (Å²) >= 11 is 0. The van der Waals surface area contributed by atoms with Gasteiger partial charge in [-0.05, 0) is 18.8 Å². The van der Waals surface area contributed by atoms with Gasteiger partial charge in [0, 0.05) is 14.1 Å². The summed E-state index contributed by atoms with van der Waals surface area (Å²) in [7, 11) is 3.34. The SMILES string of the molecule is CC1CCCCC1(NCC(=O)N(C)C)C(=O)O. The van der Waals surface area contributed by atoms with Crippen molar-refractivity contribution in [1.29, 1.82) is 0 Å². The molecule has 1 fully saturated rings. The number of likely N-dealkylation sites (N-methyl/N-ethyl adjacent to an activating group) is 1. The second-order valence-corrected chi connectivity index (χ2v) is 5.07. The van der Waals surface area contributed by atoms with Crippen LogP contribution in [0.25, 0.3) is 0 Å². The van der Waals surface area contributed by atoms with Crippen molar-refractivity contribution in [2.75, 3.05) is 20.6 Å². The quantitative estimate of drug-likeness (QED) is 0.761. The van der Waals surface area contributed by atoms with Gasteiger partial charge in [-0.3, -0.25) is 14.9 Å². The minimum Gasteiger partial charge on any atom is -0.480 e. The number of hydrogen-bond acceptors (Lipinski definition) is 3. The number of nitrogens with one attached hydrogen (secondary N) is 1. The standard InChI is InChI=1S/C12H22N2O3/c1-9-6-4-5-7-12(9,11(16)17)13-8-10(15)14(2)3/h9,13H,4-8H2,1-3H3,(H,16,17). The van der Waals surface area contributed by atoms with Gasteiger partial charge in [-0.2, -0.15) is 0 Å². The maximum absolute atomic E-state index is 11.5. The predicted molar refractivity (Wildman–Crippen MR) is 64.7 cm³/mol. The molecule has 98 valence electrons. The molecule has 17 heavy (non-hydrogen) atoms. The molecule has 0 radical (unpaired) electrons. The van der Waals surface area contributed by atoms with Gasteiger partial charge in [0.1, 0.15) is 5.54 Å². The largest absolute Gasteiger partial charge is 0.480 e. The van der Waals surface area contributed by atoms with Crippen LogP contribution in [0.1, 0.15) is 32.6 Å². The van der Waals surface area contributed by atoms with Crippen molar-refractivity contribution < 1.29 is 14.7 Å². The van der Waals surface area contributed by atoms with E-state index in [0.717, 1.165) is 19.3 Å². The molecular formula is C12H22N2O3. The Labute approximate surface area is 102 Å². The second kappa shape index (κ2) is 5.49. The Balaban J connectivity index is 2.72. The van der Waals surface area contributed by atoms with Crippen molar-refractivity contribution in [3.8, 4) is 0 Å². The molecule has 0 saturated heterocycles. The van der Waals surface area contributed by atoms with E-state index in [4.69, 9.17) is 0 Å². The molecule has 0 heterocycles. The van der Waals surface area contributed by atoms with Crippen molar-refractivity contribution in [2.24, 2.45) is 5.92 Å². The first-order valence-corrected chi connectivity index (χ1v) is 6.08. The molecule has 1 saturated carbocycles. The summed E-state index contributed by atoms with van der Waals surface area (Å²) in [5, 5.41) is 12.4. The molecule has 5 heteroatoms. The normalized spacial score (nSPS) is 28.8. The summed E-state index contributed by atoms with van der Waals surface area (Å²) < 4.78 is 0. The van der Waals surface area contributed by atoms with Gasteiger partial charge in [0.2, 0.25) is 5.91 Å². The van der Waals surface area contributed by atoms with E-state index in [2.05, 4.69) is 5.32 Å². The number of carboxylic acid groups (broad SMARTS) is 1. The fourth-order valence-corrected chi connectivity index (χ4v) is 2.39. The van der Waals surface area contributed by atoms with E-state index in [-0.39, 0.29) is 18.4 Å². The number of carbonyl (C=O) groups excluding carboxylic acids is 1. The molecule has 2 N–H and O–H groups in total. The van der Waals surface area contributed by atoms with Crippen molar-refractivity contribution in [1.82, 2.24) is 10.2 Å². The van der Waals surface area contributed by atoms with E-state index in [1.165, 1.54) is 4.90 Å². The number of hydrogen-bond donors (Lipinski definition) is 2. The average molecular weight is 242 g/mol. The van der Waals surface area contributed by atoms with Crippen molar-refractivity contribution >= 4 is 11.9 Å². The molecule has 1 amide bonds. The molecule has 0 bridgehead atoms. The van der Waals surface area contributed by atoms with E-state index in [0.29, 0.717) is 6.42 Å². The third-order valence-electron chi connectivity index (χ3n) is 3.74. The average Bonchev–Trinajstić information content (AvgIpc) is 2.27. The monoisotopic (exact) mass is 242 g/mol. The van der Waals surface area contributed by atoms with Gasteiger partial charge in [0.25, 0.3) is 0 Å². The maximum atomic E-state index is 11.5. The van der Waals surface area contributed by atoms with Gasteiger partial charge in [-0.15, -0.1) is 0 Å². The number of aliphatic carboxylic acids is 1. The van der Waals surface area contributed by atoms with Crippen molar-refractivity contribution in [2.45, 2.75) is 38.1 Å². The zero-order valence-corrected chi connectivity index (χ0v) is 10.8. The second-order valence-electron chi connectivity index (χ2n) is 5.07. The smallest absolute Gasteiger partial charge is 0.324 e. The van der Waals surface area contributed by atoms with Crippen LogP contribution >= 0.6 is 0 Å². The lowest BCUT2D eigenvalue weighted by Gasteiger charge is -2.39. The summed E-state index contributed by atoms with van der Waals surface area (Å²) in [6, 6.07) is 0. The van der Waals surface area contributed by atoms with Crippen LogP contribution in [0, 0.1) is 5.92 Å². The minimum absolute atomic E-state index is 0.0590. The number of carboxylic acids is 1. The zero-order chi connectivity index (χ0) is 13.1. The highest BCUT2D eigenvalue weighted by Crippen LogP contribution is 2.33. The van der Waals surface area contributed by atoms with E-state index in [1.54, 1.807) is 14.1 Å². The van der Waals surface area contributed by atoms with E-state index >= 15 is 0 Å². The highest BCUT2D eigenvalue weighted by atomic mass is 16.4. The topological polar surface area (TPSA) is 69.6 Å². The lowest BCUT2D eigenvalue weighted by Crippen LogP contribution is -2.59. The van der Waals surface area contributed by atoms with Gasteiger partial charge < -0.3 is 10.0 Å².